The van der Waals surface area contributed by atoms with Crippen LogP contribution in [0.3, 0.4) is 0 Å². The van der Waals surface area contributed by atoms with Gasteiger partial charge in [0, 0.05) is 18.4 Å². The van der Waals surface area contributed by atoms with Crippen LogP contribution in [-0.2, 0) is 46.6 Å². The molecule has 2 aliphatic heterocycles. The van der Waals surface area contributed by atoms with Crippen molar-refractivity contribution in [3.8, 4) is 5.69 Å². The van der Waals surface area contributed by atoms with Gasteiger partial charge in [-0.1, -0.05) is 20.8 Å². The fourth-order valence-corrected chi connectivity index (χ4v) is 13.5. The average molecular weight is 758 g/mol. The summed E-state index contributed by atoms with van der Waals surface area (Å²) in [5, 5.41) is 9.55. The van der Waals surface area contributed by atoms with Crippen molar-refractivity contribution in [2.45, 2.75) is 82.5 Å². The number of rotatable bonds is 7. The van der Waals surface area contributed by atoms with Crippen LogP contribution in [0.15, 0.2) is 63.9 Å². The van der Waals surface area contributed by atoms with Crippen LogP contribution >= 0.6 is 0 Å². The van der Waals surface area contributed by atoms with Crippen molar-refractivity contribution in [3.05, 3.63) is 88.9 Å². The van der Waals surface area contributed by atoms with Crippen LogP contribution in [0.5, 0.6) is 0 Å². The third-order valence-electron chi connectivity index (χ3n) is 11.3. The topological polar surface area (TPSA) is 108 Å². The van der Waals surface area contributed by atoms with Crippen molar-refractivity contribution in [1.82, 2.24) is 29.4 Å². The zero-order valence-electron chi connectivity index (χ0n) is 29.9. The molecule has 52 heavy (non-hydrogen) atoms. The van der Waals surface area contributed by atoms with Crippen LogP contribution in [0.25, 0.3) is 5.69 Å². The normalized spacial score (nSPS) is 22.2. The highest BCUT2D eigenvalue weighted by molar-refractivity contribution is 7.94. The molecule has 0 amide bonds. The van der Waals surface area contributed by atoms with Crippen molar-refractivity contribution in [2.24, 2.45) is 15.4 Å². The van der Waals surface area contributed by atoms with Crippen LogP contribution in [-0.4, -0.2) is 73.2 Å². The molecule has 3 aromatic heterocycles. The van der Waals surface area contributed by atoms with Gasteiger partial charge in [-0.25, -0.2) is 13.3 Å². The maximum atomic E-state index is 15.4. The first-order chi connectivity index (χ1) is 24.4. The van der Waals surface area contributed by atoms with E-state index >= 15 is 4.21 Å². The van der Waals surface area contributed by atoms with Crippen molar-refractivity contribution < 1.29 is 31.3 Å². The second-order valence-corrected chi connectivity index (χ2v) is 23.1. The Morgan fingerprint density at radius 3 is 2.56 bits per heavy atom. The van der Waals surface area contributed by atoms with Gasteiger partial charge in [0.05, 0.1) is 63.9 Å². The van der Waals surface area contributed by atoms with Gasteiger partial charge in [-0.3, -0.25) is 23.4 Å². The lowest BCUT2D eigenvalue weighted by Crippen LogP contribution is -2.57. The first-order valence-corrected chi connectivity index (χ1v) is 22.0. The molecule has 1 aliphatic carbocycles. The molecular weight excluding hydrogens is 715 g/mol. The Balaban J connectivity index is 1.31. The number of alkyl halides is 3. The molecule has 1 aromatic carbocycles. The molecule has 1 fully saturated rings. The number of likely N-dealkylation sites (tertiary alicyclic amines) is 1. The van der Waals surface area contributed by atoms with E-state index in [9.17, 15) is 22.4 Å². The Labute approximate surface area is 301 Å². The number of benzene rings is 1. The van der Waals surface area contributed by atoms with Gasteiger partial charge in [-0.2, -0.15) is 23.4 Å². The molecule has 0 spiro atoms. The third-order valence-corrected chi connectivity index (χ3v) is 19.5. The van der Waals surface area contributed by atoms with E-state index < -0.39 is 40.9 Å². The first kappa shape index (κ1) is 36.6. The zero-order chi connectivity index (χ0) is 37.3. The number of Topliss-reactive ketones (excluding diaryl/α,β-unsaturated/α-hetero) is 1. The van der Waals surface area contributed by atoms with Crippen LogP contribution in [0, 0.1) is 17.2 Å². The number of carbonyl (C=O) groups is 1. The molecule has 0 bridgehead atoms. The monoisotopic (exact) mass is 757 g/mol. The molecule has 3 atom stereocenters. The smallest absolute Gasteiger partial charge is 0.373 e. The molecule has 10 nitrogen and oxygen atoms in total. The minimum absolute atomic E-state index is 0.0102. The predicted molar refractivity (Wildman–Crippen MR) is 189 cm³/mol. The van der Waals surface area contributed by atoms with Gasteiger partial charge >= 0.3 is 6.18 Å². The number of aromatic nitrogens is 5. The minimum Gasteiger partial charge on any atom is -0.373 e. The lowest BCUT2D eigenvalue weighted by Gasteiger charge is -2.49. The average Bonchev–Trinajstić information content (AvgIpc) is 3.71. The zero-order valence-corrected chi connectivity index (χ0v) is 31.7. The quantitative estimate of drug-likeness (QED) is 0.114. The number of hydrogen-bond donors (Lipinski definition) is 0. The van der Waals surface area contributed by atoms with Crippen LogP contribution in [0.2, 0.25) is 18.1 Å². The van der Waals surface area contributed by atoms with Gasteiger partial charge in [-0.15, -0.1) is 0 Å². The Hall–Kier alpha value is -3.73. The van der Waals surface area contributed by atoms with E-state index in [1.165, 1.54) is 12.1 Å². The highest BCUT2D eigenvalue weighted by Crippen LogP contribution is 2.48. The number of piperidine rings is 1. The summed E-state index contributed by atoms with van der Waals surface area (Å²) in [6, 6.07) is 9.48. The summed E-state index contributed by atoms with van der Waals surface area (Å²) in [7, 11) is -5.71. The SMILES string of the molecule is CC(C)(C)[Si](C)(C)N=S(=O)(CN1CC[C@H]2Cc3c(cnn3-c3ccc(F)cc3)C[C@]2(C(=O)c2cc(C(F)(F)F)ccn2)C1)c1cc2n(n1)CCOC2. The van der Waals surface area contributed by atoms with Crippen molar-refractivity contribution >= 4 is 23.7 Å². The summed E-state index contributed by atoms with van der Waals surface area (Å²) in [6.45, 7) is 12.5. The van der Waals surface area contributed by atoms with E-state index in [0.29, 0.717) is 49.9 Å². The lowest BCUT2D eigenvalue weighted by molar-refractivity contribution is -0.137. The van der Waals surface area contributed by atoms with Gasteiger partial charge in [0.2, 0.25) is 0 Å². The van der Waals surface area contributed by atoms with E-state index in [0.717, 1.165) is 35.3 Å². The summed E-state index contributed by atoms with van der Waals surface area (Å²) in [5.74, 6) is -1.15. The van der Waals surface area contributed by atoms with Gasteiger partial charge in [-0.05, 0) is 97.9 Å². The van der Waals surface area contributed by atoms with Crippen molar-refractivity contribution in [2.75, 3.05) is 25.6 Å². The largest absolute Gasteiger partial charge is 0.416 e. The molecule has 1 saturated heterocycles. The highest BCUT2D eigenvalue weighted by Gasteiger charge is 2.54. The number of halogens is 4. The van der Waals surface area contributed by atoms with E-state index in [1.54, 1.807) is 23.0 Å². The number of hydrogen-bond acceptors (Lipinski definition) is 8. The van der Waals surface area contributed by atoms with E-state index in [4.69, 9.17) is 13.9 Å². The third kappa shape index (κ3) is 6.66. The summed E-state index contributed by atoms with van der Waals surface area (Å²) >= 11 is 0. The fraction of sp³-hybridized carbons (Fsp3) is 0.500. The molecule has 0 radical (unpaired) electrons. The highest BCUT2D eigenvalue weighted by atomic mass is 32.2. The molecule has 3 aliphatic rings. The Bertz CT molecular complexity index is 2110. The van der Waals surface area contributed by atoms with E-state index in [2.05, 4.69) is 43.9 Å². The molecule has 4 aromatic rings. The molecule has 5 heterocycles. The standard InChI is InChI=1S/C36H43F4N7O3SSi/c1-34(2,3)52(4,5)44-51(49,32-18-29-21-50-15-14-46(29)43-32)23-45-13-11-25-17-31-24(20-42-47(31)28-8-6-27(37)7-9-28)19-35(25,22-45)33(48)30-16-26(10-12-41-30)36(38,39)40/h6-10,12,16,18,20,25H,11,13-15,17,19,21-23H2,1-5H3/t25-,35-,51?/m0/s1. The van der Waals surface area contributed by atoms with Crippen LogP contribution in [0.4, 0.5) is 17.6 Å². The van der Waals surface area contributed by atoms with Gasteiger partial charge in [0.1, 0.15) is 11.5 Å². The second-order valence-electron chi connectivity index (χ2n) is 15.8. The van der Waals surface area contributed by atoms with E-state index in [1.807, 2.05) is 15.6 Å². The molecule has 7 rings (SSSR count). The van der Waals surface area contributed by atoms with Crippen molar-refractivity contribution in [3.63, 3.8) is 0 Å². The van der Waals surface area contributed by atoms with Crippen LogP contribution in [0.1, 0.15) is 60.2 Å². The molecule has 0 N–H and O–H groups in total. The molecule has 1 unspecified atom stereocenters. The fourth-order valence-electron chi connectivity index (χ4n) is 7.42. The van der Waals surface area contributed by atoms with Gasteiger partial charge in [0.15, 0.2) is 19.0 Å². The first-order valence-electron chi connectivity index (χ1n) is 17.4. The second kappa shape index (κ2) is 13.0. The number of ketones is 1. The Morgan fingerprint density at radius 2 is 1.87 bits per heavy atom. The van der Waals surface area contributed by atoms with Crippen LogP contribution < -0.4 is 0 Å². The number of carbonyl (C=O) groups excluding carboxylic acids is 1. The number of ether oxygens (including phenoxy) is 1. The molecule has 16 heteroatoms. The van der Waals surface area contributed by atoms with Crippen molar-refractivity contribution in [1.29, 1.82) is 0 Å². The number of pyridine rings is 1. The minimum atomic E-state index is -4.66. The summed E-state index contributed by atoms with van der Waals surface area (Å²) in [4.78, 5) is 21.0. The summed E-state index contributed by atoms with van der Waals surface area (Å²) in [5.41, 5.74) is 0.722. The lowest BCUT2D eigenvalue weighted by atomic mass is 9.60. The Morgan fingerprint density at radius 1 is 1.12 bits per heavy atom. The molecule has 0 saturated carbocycles. The maximum absolute atomic E-state index is 15.4. The Kier molecular flexibility index (Phi) is 9.15. The van der Waals surface area contributed by atoms with Gasteiger partial charge in [0.25, 0.3) is 0 Å². The number of fused-ring (bicyclic) bond motifs is 3. The van der Waals surface area contributed by atoms with Gasteiger partial charge < -0.3 is 4.74 Å². The van der Waals surface area contributed by atoms with E-state index in [-0.39, 0.29) is 41.3 Å². The number of nitrogens with zero attached hydrogens (tertiary/aromatic N) is 7. The summed E-state index contributed by atoms with van der Waals surface area (Å²) in [6.07, 6.45) is -0.841. The summed E-state index contributed by atoms with van der Waals surface area (Å²) < 4.78 is 85.2. The maximum Gasteiger partial charge on any atom is 0.416 e. The molecule has 278 valence electrons. The molecular formula is C36H43F4N7O3SSi. The predicted octanol–water partition coefficient (Wildman–Crippen LogP) is 6.93.